The second kappa shape index (κ2) is 7.93. The minimum Gasteiger partial charge on any atom is -0.486 e. The molecule has 0 bridgehead atoms. The van der Waals surface area contributed by atoms with Crippen LogP contribution in [0.25, 0.3) is 0 Å². The Hall–Kier alpha value is -2.99. The Balaban J connectivity index is 1.61. The first-order valence-corrected chi connectivity index (χ1v) is 8.95. The molecule has 0 radical (unpaired) electrons. The number of ether oxygens (including phenoxy) is 1. The standard InChI is InChI=1S/C20H18N2O3S/c1-13-12-26-19(21-13)11-25-18-8-6-15(7-9-18)20(24)22-17-5-3-4-16(10-17)14(2)23/h3-10,12H,11H2,1-2H3,(H,22,24). The number of amides is 1. The molecule has 132 valence electrons. The van der Waals surface area contributed by atoms with Crippen molar-refractivity contribution in [2.24, 2.45) is 0 Å². The van der Waals surface area contributed by atoms with Gasteiger partial charge < -0.3 is 10.1 Å². The molecule has 0 aliphatic rings. The molecule has 3 rings (SSSR count). The average molecular weight is 366 g/mol. The van der Waals surface area contributed by atoms with Gasteiger partial charge in [-0.15, -0.1) is 11.3 Å². The zero-order chi connectivity index (χ0) is 18.5. The van der Waals surface area contributed by atoms with Crippen LogP contribution in [0.2, 0.25) is 0 Å². The van der Waals surface area contributed by atoms with Crippen LogP contribution in [0.15, 0.2) is 53.9 Å². The summed E-state index contributed by atoms with van der Waals surface area (Å²) in [7, 11) is 0. The number of anilines is 1. The quantitative estimate of drug-likeness (QED) is 0.653. The number of nitrogens with one attached hydrogen (secondary N) is 1. The van der Waals surface area contributed by atoms with Gasteiger partial charge in [0.15, 0.2) is 5.78 Å². The van der Waals surface area contributed by atoms with Gasteiger partial charge in [-0.25, -0.2) is 4.98 Å². The maximum atomic E-state index is 12.3. The predicted octanol–water partition coefficient (Wildman–Crippen LogP) is 4.49. The molecule has 1 N–H and O–H groups in total. The molecule has 1 aromatic heterocycles. The van der Waals surface area contributed by atoms with Crippen molar-refractivity contribution in [1.29, 1.82) is 0 Å². The molecule has 0 fully saturated rings. The zero-order valence-electron chi connectivity index (χ0n) is 14.5. The molecule has 0 saturated carbocycles. The molecule has 0 aliphatic carbocycles. The first-order valence-electron chi connectivity index (χ1n) is 8.07. The van der Waals surface area contributed by atoms with Crippen LogP contribution in [0.4, 0.5) is 5.69 Å². The highest BCUT2D eigenvalue weighted by Crippen LogP contribution is 2.18. The molecule has 5 nitrogen and oxygen atoms in total. The van der Waals surface area contributed by atoms with E-state index in [4.69, 9.17) is 4.74 Å². The minimum absolute atomic E-state index is 0.0435. The van der Waals surface area contributed by atoms with E-state index < -0.39 is 0 Å². The highest BCUT2D eigenvalue weighted by atomic mass is 32.1. The monoisotopic (exact) mass is 366 g/mol. The van der Waals surface area contributed by atoms with Crippen molar-refractivity contribution in [3.63, 3.8) is 0 Å². The van der Waals surface area contributed by atoms with Crippen LogP contribution in [-0.4, -0.2) is 16.7 Å². The largest absolute Gasteiger partial charge is 0.486 e. The molecule has 26 heavy (non-hydrogen) atoms. The summed E-state index contributed by atoms with van der Waals surface area (Å²) in [6, 6.07) is 13.8. The molecule has 2 aromatic carbocycles. The van der Waals surface area contributed by atoms with Crippen LogP contribution in [0.5, 0.6) is 5.75 Å². The van der Waals surface area contributed by atoms with Crippen molar-refractivity contribution in [2.75, 3.05) is 5.32 Å². The van der Waals surface area contributed by atoms with Gasteiger partial charge in [-0.1, -0.05) is 12.1 Å². The number of nitrogens with zero attached hydrogens (tertiary/aromatic N) is 1. The van der Waals surface area contributed by atoms with E-state index in [-0.39, 0.29) is 11.7 Å². The van der Waals surface area contributed by atoms with Crippen molar-refractivity contribution >= 4 is 28.7 Å². The number of aromatic nitrogens is 1. The van der Waals surface area contributed by atoms with E-state index in [1.54, 1.807) is 59.9 Å². The molecule has 0 spiro atoms. The molecule has 1 heterocycles. The normalized spacial score (nSPS) is 10.4. The number of rotatable bonds is 6. The SMILES string of the molecule is CC(=O)c1cccc(NC(=O)c2ccc(OCc3nc(C)cs3)cc2)c1. The Kier molecular flexibility index (Phi) is 5.43. The average Bonchev–Trinajstić information content (AvgIpc) is 3.06. The minimum atomic E-state index is -0.243. The van der Waals surface area contributed by atoms with E-state index in [1.165, 1.54) is 6.92 Å². The fourth-order valence-corrected chi connectivity index (χ4v) is 3.02. The molecule has 3 aromatic rings. The van der Waals surface area contributed by atoms with Crippen molar-refractivity contribution in [3.05, 3.63) is 75.7 Å². The first-order chi connectivity index (χ1) is 12.5. The molecule has 0 unspecified atom stereocenters. The lowest BCUT2D eigenvalue weighted by Gasteiger charge is -2.08. The number of ketones is 1. The van der Waals surface area contributed by atoms with Crippen LogP contribution in [0, 0.1) is 6.92 Å². The highest BCUT2D eigenvalue weighted by Gasteiger charge is 2.08. The molecule has 0 aliphatic heterocycles. The number of hydrogen-bond acceptors (Lipinski definition) is 5. The van der Waals surface area contributed by atoms with E-state index in [0.717, 1.165) is 10.7 Å². The van der Waals surface area contributed by atoms with Gasteiger partial charge in [0.05, 0.1) is 0 Å². The van der Waals surface area contributed by atoms with Crippen molar-refractivity contribution in [3.8, 4) is 5.75 Å². The van der Waals surface area contributed by atoms with Crippen molar-refractivity contribution in [1.82, 2.24) is 4.98 Å². The van der Waals surface area contributed by atoms with Gasteiger partial charge in [0.1, 0.15) is 17.4 Å². The summed E-state index contributed by atoms with van der Waals surface area (Å²) in [5, 5.41) is 5.68. The molecule has 1 amide bonds. The Labute approximate surface area is 155 Å². The van der Waals surface area contributed by atoms with Crippen LogP contribution >= 0.6 is 11.3 Å². The summed E-state index contributed by atoms with van der Waals surface area (Å²) < 4.78 is 5.68. The lowest BCUT2D eigenvalue weighted by atomic mass is 10.1. The molecule has 0 atom stereocenters. The maximum absolute atomic E-state index is 12.3. The summed E-state index contributed by atoms with van der Waals surface area (Å²) in [5.41, 5.74) is 2.64. The van der Waals surface area contributed by atoms with Crippen LogP contribution in [0.1, 0.15) is 38.3 Å². The van der Waals surface area contributed by atoms with E-state index in [2.05, 4.69) is 10.3 Å². The maximum Gasteiger partial charge on any atom is 0.255 e. The summed E-state index contributed by atoms with van der Waals surface area (Å²) in [6.45, 7) is 3.84. The number of benzene rings is 2. The molecular weight excluding hydrogens is 348 g/mol. The Morgan fingerprint density at radius 2 is 1.88 bits per heavy atom. The number of carbonyl (C=O) groups excluding carboxylic acids is 2. The highest BCUT2D eigenvalue weighted by molar-refractivity contribution is 7.09. The van der Waals surface area contributed by atoms with Crippen LogP contribution in [0.3, 0.4) is 0 Å². The molecular formula is C20H18N2O3S. The summed E-state index contributed by atoms with van der Waals surface area (Å²) in [6.07, 6.45) is 0. The topological polar surface area (TPSA) is 68.3 Å². The van der Waals surface area contributed by atoms with Gasteiger partial charge in [0.2, 0.25) is 0 Å². The van der Waals surface area contributed by atoms with E-state index in [0.29, 0.717) is 29.2 Å². The number of thiazole rings is 1. The Morgan fingerprint density at radius 3 is 2.54 bits per heavy atom. The summed E-state index contributed by atoms with van der Waals surface area (Å²) in [5.74, 6) is 0.388. The van der Waals surface area contributed by atoms with Crippen LogP contribution in [-0.2, 0) is 6.61 Å². The second-order valence-corrected chi connectivity index (χ2v) is 6.73. The smallest absolute Gasteiger partial charge is 0.255 e. The van der Waals surface area contributed by atoms with Gasteiger partial charge in [0.25, 0.3) is 5.91 Å². The van der Waals surface area contributed by atoms with Gasteiger partial charge in [-0.05, 0) is 50.2 Å². The zero-order valence-corrected chi connectivity index (χ0v) is 15.3. The third-order valence-electron chi connectivity index (χ3n) is 3.67. The number of hydrogen-bond donors (Lipinski definition) is 1. The lowest BCUT2D eigenvalue weighted by molar-refractivity contribution is 0.101. The summed E-state index contributed by atoms with van der Waals surface area (Å²) >= 11 is 1.56. The Morgan fingerprint density at radius 1 is 1.12 bits per heavy atom. The van der Waals surface area contributed by atoms with Gasteiger partial charge >= 0.3 is 0 Å². The lowest BCUT2D eigenvalue weighted by Crippen LogP contribution is -2.12. The second-order valence-electron chi connectivity index (χ2n) is 5.79. The van der Waals surface area contributed by atoms with Crippen LogP contribution < -0.4 is 10.1 Å². The number of aryl methyl sites for hydroxylation is 1. The van der Waals surface area contributed by atoms with E-state index in [1.807, 2.05) is 12.3 Å². The molecule has 0 saturated heterocycles. The fourth-order valence-electron chi connectivity index (χ4n) is 2.34. The summed E-state index contributed by atoms with van der Waals surface area (Å²) in [4.78, 5) is 28.1. The van der Waals surface area contributed by atoms with E-state index in [9.17, 15) is 9.59 Å². The van der Waals surface area contributed by atoms with Crippen molar-refractivity contribution in [2.45, 2.75) is 20.5 Å². The fraction of sp³-hybridized carbons (Fsp3) is 0.150. The van der Waals surface area contributed by atoms with E-state index >= 15 is 0 Å². The van der Waals surface area contributed by atoms with Gasteiger partial charge in [-0.3, -0.25) is 9.59 Å². The Bertz CT molecular complexity index is 932. The third kappa shape index (κ3) is 4.55. The number of Topliss-reactive ketones (excluding diaryl/α,β-unsaturated/α-hetero) is 1. The van der Waals surface area contributed by atoms with Gasteiger partial charge in [-0.2, -0.15) is 0 Å². The van der Waals surface area contributed by atoms with Crippen molar-refractivity contribution < 1.29 is 14.3 Å². The number of carbonyl (C=O) groups is 2. The predicted molar refractivity (Wildman–Crippen MR) is 102 cm³/mol. The third-order valence-corrected chi connectivity index (χ3v) is 4.61. The van der Waals surface area contributed by atoms with Gasteiger partial charge in [0, 0.05) is 27.9 Å². The first kappa shape index (κ1) is 17.8. The molecule has 6 heteroatoms.